The maximum absolute atomic E-state index is 12.7. The fourth-order valence-electron chi connectivity index (χ4n) is 13.2. The zero-order chi connectivity index (χ0) is 70.8. The van der Waals surface area contributed by atoms with E-state index in [1.807, 2.05) is 206 Å². The molecule has 0 saturated heterocycles. The first-order chi connectivity index (χ1) is 49.3. The second kappa shape index (κ2) is 42.3. The Kier molecular flexibility index (Phi) is 34.6. The zero-order valence-corrected chi connectivity index (χ0v) is 72.6. The van der Waals surface area contributed by atoms with Crippen LogP contribution in [0, 0.1) is 92.6 Å². The average molecular weight is 2310 g/mol. The summed E-state index contributed by atoms with van der Waals surface area (Å²) in [5.41, 5.74) is 22.9. The Morgan fingerprint density at radius 1 is 0.415 bits per heavy atom. The van der Waals surface area contributed by atoms with E-state index in [2.05, 4.69) is 176 Å². The van der Waals surface area contributed by atoms with Gasteiger partial charge in [-0.05, 0) is 151 Å². The predicted octanol–water partition coefficient (Wildman–Crippen LogP) is 20.1. The molecule has 1 fully saturated rings. The largest absolute Gasteiger partial charge is 0.480 e. The molecule has 13 nitrogen and oxygen atoms in total. The van der Waals surface area contributed by atoms with Crippen molar-refractivity contribution in [3.63, 3.8) is 0 Å². The minimum Gasteiger partial charge on any atom is -0.480 e. The molecule has 0 atom stereocenters. The van der Waals surface area contributed by atoms with Crippen molar-refractivity contribution in [1.29, 1.82) is 0 Å². The molecule has 15 rings (SSSR count). The van der Waals surface area contributed by atoms with Crippen LogP contribution in [-0.4, -0.2) is 61.8 Å². The third-order valence-corrected chi connectivity index (χ3v) is 18.2. The van der Waals surface area contributed by atoms with E-state index in [4.69, 9.17) is 14.9 Å². The van der Waals surface area contributed by atoms with Crippen LogP contribution >= 0.6 is 0 Å². The Morgan fingerprint density at radius 3 is 1.22 bits per heavy atom. The number of ether oxygens (including phenoxy) is 1. The SMILES string of the molecule is CCc1c(C)nn(-c2[c-]cccc2)c1N(c1ccccc1)c1ccccc1.COc1nn(-c2[c-]cccc2)c(C)c1C.Cc1nn(-c2[c-]cccc2)c(C)c1-c1ccccc1.Cc1nn(-c2[c-]cccc2)c(C)c1C(=O)c1ccccc1.Cc1nn(-c2[c-]cccc2)c(C)c1C1CCCCC1.[Pt].[Pt].[Pt].[Pt].[Pt]. The topological polar surface area (TPSA) is 119 Å². The van der Waals surface area contributed by atoms with Crippen LogP contribution in [0.4, 0.5) is 17.2 Å². The van der Waals surface area contributed by atoms with Crippen molar-refractivity contribution in [2.24, 2.45) is 0 Å². The molecule has 560 valence electrons. The summed E-state index contributed by atoms with van der Waals surface area (Å²) in [5, 5.41) is 23.1. The number of rotatable bonds is 14. The molecule has 1 aliphatic rings. The maximum atomic E-state index is 12.7. The third-order valence-electron chi connectivity index (χ3n) is 18.2. The van der Waals surface area contributed by atoms with Gasteiger partial charge >= 0.3 is 0 Å². The first-order valence-electron chi connectivity index (χ1n) is 34.5. The molecule has 1 saturated carbocycles. The number of ketones is 1. The van der Waals surface area contributed by atoms with Crippen molar-refractivity contribution < 1.29 is 115 Å². The Morgan fingerprint density at radius 2 is 0.792 bits per heavy atom. The van der Waals surface area contributed by atoms with E-state index < -0.39 is 0 Å². The quantitative estimate of drug-likeness (QED) is 0.0780. The van der Waals surface area contributed by atoms with Gasteiger partial charge in [-0.1, -0.05) is 123 Å². The smallest absolute Gasteiger partial charge is 0.236 e. The second-order valence-electron chi connectivity index (χ2n) is 24.8. The number of aryl methyl sites for hydroxylation is 4. The summed E-state index contributed by atoms with van der Waals surface area (Å²) in [5.74, 6) is 2.46. The van der Waals surface area contributed by atoms with Crippen molar-refractivity contribution >= 4 is 23.0 Å². The van der Waals surface area contributed by atoms with Crippen LogP contribution in [0.2, 0.25) is 0 Å². The number of anilines is 3. The summed E-state index contributed by atoms with van der Waals surface area (Å²) < 4.78 is 14.8. The summed E-state index contributed by atoms with van der Waals surface area (Å²) >= 11 is 0. The number of methoxy groups -OCH3 is 1. The molecule has 18 heteroatoms. The first kappa shape index (κ1) is 86.7. The number of hydrogen-bond acceptors (Lipinski definition) is 8. The Hall–Kier alpha value is -8.26. The molecule has 1 aliphatic carbocycles. The van der Waals surface area contributed by atoms with Crippen molar-refractivity contribution in [2.45, 2.75) is 114 Å². The third kappa shape index (κ3) is 20.7. The Bertz CT molecular complexity index is 4900. The zero-order valence-electron chi connectivity index (χ0n) is 61.2. The number of hydrogen-bond donors (Lipinski definition) is 0. The Labute approximate surface area is 697 Å². The first-order valence-corrected chi connectivity index (χ1v) is 34.5. The summed E-state index contributed by atoms with van der Waals surface area (Å²) in [7, 11) is 1.63. The molecule has 0 unspecified atom stereocenters. The van der Waals surface area contributed by atoms with E-state index in [9.17, 15) is 4.79 Å². The van der Waals surface area contributed by atoms with Crippen LogP contribution in [-0.2, 0) is 112 Å². The van der Waals surface area contributed by atoms with E-state index in [1.54, 1.807) is 11.8 Å². The van der Waals surface area contributed by atoms with Gasteiger partial charge in [0, 0.05) is 156 Å². The molecule has 0 spiro atoms. The number of benzene rings is 9. The molecule has 0 bridgehead atoms. The molecule has 106 heavy (non-hydrogen) atoms. The van der Waals surface area contributed by atoms with Gasteiger partial charge in [0.15, 0.2) is 5.78 Å². The fourth-order valence-corrected chi connectivity index (χ4v) is 13.2. The summed E-state index contributed by atoms with van der Waals surface area (Å²) in [4.78, 5) is 14.9. The molecule has 14 aromatic rings. The van der Waals surface area contributed by atoms with Crippen LogP contribution in [0.5, 0.6) is 5.88 Å². The van der Waals surface area contributed by atoms with Crippen molar-refractivity contribution in [3.8, 4) is 45.4 Å². The van der Waals surface area contributed by atoms with Gasteiger partial charge in [0.25, 0.3) is 0 Å². The minimum atomic E-state index is 0. The van der Waals surface area contributed by atoms with Crippen molar-refractivity contribution in [1.82, 2.24) is 48.9 Å². The van der Waals surface area contributed by atoms with Crippen molar-refractivity contribution in [3.05, 3.63) is 346 Å². The molecule has 5 heterocycles. The molecular weight excluding hydrogens is 2220 g/mol. The normalized spacial score (nSPS) is 11.2. The number of para-hydroxylation sites is 7. The minimum absolute atomic E-state index is 0. The van der Waals surface area contributed by atoms with Crippen molar-refractivity contribution in [2.75, 3.05) is 12.0 Å². The van der Waals surface area contributed by atoms with E-state index >= 15 is 0 Å². The van der Waals surface area contributed by atoms with Gasteiger partial charge in [-0.15, -0.1) is 35.4 Å². The summed E-state index contributed by atoms with van der Waals surface area (Å²) in [6, 6.07) is 95.9. The van der Waals surface area contributed by atoms with Crippen LogP contribution < -0.4 is 9.64 Å². The predicted molar refractivity (Wildman–Crippen MR) is 406 cm³/mol. The van der Waals surface area contributed by atoms with E-state index in [0.717, 1.165) is 91.8 Å². The average Bonchev–Trinajstić information content (AvgIpc) is 1.57. The maximum Gasteiger partial charge on any atom is 0.236 e. The monoisotopic (exact) mass is 2300 g/mol. The summed E-state index contributed by atoms with van der Waals surface area (Å²) in [6.45, 7) is 20.6. The summed E-state index contributed by atoms with van der Waals surface area (Å²) in [6.07, 6.45) is 7.69. The molecule has 0 amide bonds. The van der Waals surface area contributed by atoms with Gasteiger partial charge in [0.05, 0.1) is 41.1 Å². The van der Waals surface area contributed by atoms with Gasteiger partial charge in [-0.25, -0.2) is 4.68 Å². The number of nitrogens with zero attached hydrogens (tertiary/aromatic N) is 11. The van der Waals surface area contributed by atoms with E-state index in [1.165, 1.54) is 65.7 Å². The van der Waals surface area contributed by atoms with Crippen LogP contribution in [0.15, 0.2) is 243 Å². The number of carbonyl (C=O) groups excluding carboxylic acids is 1. The van der Waals surface area contributed by atoms with Gasteiger partial charge < -0.3 is 4.74 Å². The number of aromatic nitrogens is 10. The molecule has 0 radical (unpaired) electrons. The number of carbonyl (C=O) groups is 1. The molecule has 0 N–H and O–H groups in total. The molecular formula is C88H86N11O2Pt5-5. The molecule has 0 aliphatic heterocycles. The van der Waals surface area contributed by atoms with Gasteiger partial charge in [-0.3, -0.25) is 28.4 Å². The van der Waals surface area contributed by atoms with Gasteiger partial charge in [0.1, 0.15) is 5.82 Å². The van der Waals surface area contributed by atoms with E-state index in [-0.39, 0.29) is 111 Å². The molecule has 9 aromatic carbocycles. The van der Waals surface area contributed by atoms with Gasteiger partial charge in [0.2, 0.25) is 5.88 Å². The van der Waals surface area contributed by atoms with Crippen LogP contribution in [0.1, 0.15) is 123 Å². The standard InChI is InChI=1S/C24H22N3.C18H15N2O.C17H21N2.C17H15N2.C12H13N2O.5Pt/c1-3-23-19(2)25-27(22-17-11-6-12-18-22)24(23)26(20-13-7-4-8-14-20)21-15-9-5-10-16-21;1-13-17(18(21)15-9-5-3-6-10-15)14(2)20(19-13)16-11-7-4-8-12-16;2*1-13-17(15-9-5-3-6-10-15)14(2)19(18-13)16-11-7-4-8-12-16;1-9-10(2)14(13-12(9)15-3)11-7-5-4-6-8-11;;;;;/h4-17H,3H2,1-2H3;3-11H,1-2H3;4,7-8,11,15H,3,5-6,9-10H2,1-2H3;3-11H,1-2H3;4-7H,1-3H3;;;;;/q5*-1;;;;;. The molecule has 5 aromatic heterocycles. The second-order valence-corrected chi connectivity index (χ2v) is 24.8. The van der Waals surface area contributed by atoms with E-state index in [0.29, 0.717) is 22.9 Å². The fraction of sp³-hybridized carbons (Fsp3) is 0.205. The van der Waals surface area contributed by atoms with Gasteiger partial charge in [-0.2, -0.15) is 142 Å². The Balaban J connectivity index is 0.000000208. The van der Waals surface area contributed by atoms with Crippen LogP contribution in [0.25, 0.3) is 39.6 Å². The van der Waals surface area contributed by atoms with Crippen LogP contribution in [0.3, 0.4) is 0 Å².